The van der Waals surface area contributed by atoms with Crippen LogP contribution in [0.5, 0.6) is 0 Å². The molecule has 4 nitrogen and oxygen atoms in total. The molecule has 0 spiro atoms. The Labute approximate surface area is 106 Å². The van der Waals surface area contributed by atoms with Crippen molar-refractivity contribution in [2.75, 3.05) is 6.61 Å². The van der Waals surface area contributed by atoms with Crippen LogP contribution in [-0.4, -0.2) is 30.0 Å². The molecule has 0 aliphatic carbocycles. The van der Waals surface area contributed by atoms with Crippen LogP contribution in [0.2, 0.25) is 0 Å². The van der Waals surface area contributed by atoms with E-state index in [1.165, 1.54) is 0 Å². The van der Waals surface area contributed by atoms with E-state index < -0.39 is 9.05 Å². The molecule has 0 rings (SSSR count). The summed E-state index contributed by atoms with van der Waals surface area (Å²) in [4.78, 5) is 24.8. The molecule has 3 N–H and O–H groups in total. The molecule has 0 heterocycles. The molecule has 0 atom stereocenters. The zero-order chi connectivity index (χ0) is 7.33. The summed E-state index contributed by atoms with van der Waals surface area (Å²) in [5.74, 6) is 0. The second-order valence-electron chi connectivity index (χ2n) is 1.78. The molecule has 0 fully saturated rings. The van der Waals surface area contributed by atoms with Crippen LogP contribution in [0.25, 0.3) is 0 Å². The van der Waals surface area contributed by atoms with Crippen LogP contribution >= 0.6 is 0 Å². The average Bonchev–Trinajstić information content (AvgIpc) is 1.63. The molecule has 0 bridgehead atoms. The van der Waals surface area contributed by atoms with Crippen molar-refractivity contribution in [3.05, 3.63) is 0 Å². The van der Waals surface area contributed by atoms with E-state index in [1.54, 1.807) is 0 Å². The fourth-order valence-corrected chi connectivity index (χ4v) is 0.772. The number of hydrogen-bond donors (Lipinski definition) is 3. The summed E-state index contributed by atoms with van der Waals surface area (Å²) in [6, 6.07) is 0. The molecule has 0 saturated heterocycles. The van der Waals surface area contributed by atoms with Crippen LogP contribution in [0.3, 0.4) is 0 Å². The fraction of sp³-hybridized carbons (Fsp3) is 1.00. The van der Waals surface area contributed by atoms with Gasteiger partial charge in [-0.1, -0.05) is 13.3 Å². The molecule has 0 amide bonds. The van der Waals surface area contributed by atoms with E-state index in [0.717, 1.165) is 12.8 Å². The van der Waals surface area contributed by atoms with Crippen LogP contribution in [0.15, 0.2) is 0 Å². The topological polar surface area (TPSA) is 69.9 Å². The van der Waals surface area contributed by atoms with Crippen LogP contribution in [0.1, 0.15) is 21.2 Å². The third kappa shape index (κ3) is 12.4. The molecule has 0 aromatic rings. The second-order valence-corrected chi connectivity index (χ2v) is 3.21. The zero-order valence-electron chi connectivity index (χ0n) is 7.37. The predicted molar refractivity (Wildman–Crippen MR) is 34.4 cm³/mol. The minimum absolute atomic E-state index is 0. The van der Waals surface area contributed by atoms with Crippen LogP contribution in [0.4, 0.5) is 0 Å². The van der Waals surface area contributed by atoms with Crippen molar-refractivity contribution in [1.82, 2.24) is 0 Å². The fourth-order valence-electron chi connectivity index (χ4n) is 0.353. The summed E-state index contributed by atoms with van der Waals surface area (Å²) >= 11 is 0. The number of rotatable bonds is 4. The Bertz CT molecular complexity index is 79.0. The monoisotopic (exact) mass is 192 g/mol. The van der Waals surface area contributed by atoms with E-state index in [0.29, 0.717) is 0 Å². The van der Waals surface area contributed by atoms with Crippen LogP contribution in [0, 0.1) is 0 Å². The molecular weight excluding hydrogens is 179 g/mol. The first-order valence-corrected chi connectivity index (χ1v) is 4.62. The molecular formula is C4H13KO4Si. The Balaban J connectivity index is -0.000000320. The average molecular weight is 192 g/mol. The molecule has 6 heteroatoms. The molecule has 10 heavy (non-hydrogen) atoms. The molecule has 0 aromatic carbocycles. The zero-order valence-corrected chi connectivity index (χ0v) is 10.5. The van der Waals surface area contributed by atoms with E-state index in [4.69, 9.17) is 14.4 Å². The van der Waals surface area contributed by atoms with Gasteiger partial charge in [-0.25, -0.2) is 0 Å². The first kappa shape index (κ1) is 14.2. The van der Waals surface area contributed by atoms with Gasteiger partial charge in [-0.3, -0.25) is 0 Å². The van der Waals surface area contributed by atoms with Crippen molar-refractivity contribution in [3.8, 4) is 0 Å². The maximum Gasteiger partial charge on any atom is 1.00 e. The minimum atomic E-state index is -4.19. The molecule has 0 saturated carbocycles. The van der Waals surface area contributed by atoms with Gasteiger partial charge < -0.3 is 20.2 Å². The molecule has 0 aliphatic heterocycles. The Morgan fingerprint density at radius 1 is 1.40 bits per heavy atom. The first-order chi connectivity index (χ1) is 4.06. The Morgan fingerprint density at radius 3 is 2.20 bits per heavy atom. The van der Waals surface area contributed by atoms with Gasteiger partial charge in [-0.05, 0) is 6.42 Å². The van der Waals surface area contributed by atoms with Crippen LogP contribution < -0.4 is 51.4 Å². The summed E-state index contributed by atoms with van der Waals surface area (Å²) in [5.41, 5.74) is 0. The normalized spacial score (nSPS) is 10.8. The van der Waals surface area contributed by atoms with E-state index in [1.807, 2.05) is 6.92 Å². The summed E-state index contributed by atoms with van der Waals surface area (Å²) in [5, 5.41) is 0. The third-order valence-corrected chi connectivity index (χ3v) is 1.39. The smallest absolute Gasteiger partial charge is 1.00 e. The van der Waals surface area contributed by atoms with Crippen molar-refractivity contribution in [2.45, 2.75) is 19.8 Å². The Morgan fingerprint density at radius 2 is 1.90 bits per heavy atom. The first-order valence-electron chi connectivity index (χ1n) is 2.87. The summed E-state index contributed by atoms with van der Waals surface area (Å²) in [7, 11) is -4.19. The predicted octanol–water partition coefficient (Wildman–Crippen LogP) is -3.67. The SMILES string of the molecule is CCCCO[Si](O)(O)O.[H-].[K+]. The molecule has 0 aliphatic rings. The van der Waals surface area contributed by atoms with Gasteiger partial charge in [-0.15, -0.1) is 0 Å². The van der Waals surface area contributed by atoms with E-state index in [9.17, 15) is 0 Å². The van der Waals surface area contributed by atoms with Crippen molar-refractivity contribution >= 4 is 9.05 Å². The van der Waals surface area contributed by atoms with Crippen molar-refractivity contribution in [3.63, 3.8) is 0 Å². The maximum absolute atomic E-state index is 8.27. The minimum Gasteiger partial charge on any atom is -1.00 e. The van der Waals surface area contributed by atoms with E-state index in [-0.39, 0.29) is 59.4 Å². The van der Waals surface area contributed by atoms with Gasteiger partial charge in [0.25, 0.3) is 0 Å². The van der Waals surface area contributed by atoms with Gasteiger partial charge in [0.15, 0.2) is 0 Å². The molecule has 0 unspecified atom stereocenters. The number of hydrogen-bond acceptors (Lipinski definition) is 4. The van der Waals surface area contributed by atoms with Crippen molar-refractivity contribution in [1.29, 1.82) is 0 Å². The second kappa shape index (κ2) is 7.35. The van der Waals surface area contributed by atoms with Crippen molar-refractivity contribution in [2.24, 2.45) is 0 Å². The third-order valence-electron chi connectivity index (χ3n) is 0.794. The Kier molecular flexibility index (Phi) is 10.5. The van der Waals surface area contributed by atoms with Crippen molar-refractivity contribution < 1.29 is 71.6 Å². The molecule has 0 aromatic heterocycles. The largest absolute Gasteiger partial charge is 1.00 e. The number of unbranched alkanes of at least 4 members (excludes halogenated alkanes) is 1. The van der Waals surface area contributed by atoms with E-state index in [2.05, 4.69) is 4.43 Å². The summed E-state index contributed by atoms with van der Waals surface area (Å²) in [6.07, 6.45) is 1.64. The van der Waals surface area contributed by atoms with Gasteiger partial charge in [-0.2, -0.15) is 0 Å². The van der Waals surface area contributed by atoms with Gasteiger partial charge in [0, 0.05) is 6.61 Å². The van der Waals surface area contributed by atoms with Gasteiger partial charge in [0.05, 0.1) is 0 Å². The van der Waals surface area contributed by atoms with Crippen LogP contribution in [-0.2, 0) is 4.43 Å². The summed E-state index contributed by atoms with van der Waals surface area (Å²) < 4.78 is 4.28. The quantitative estimate of drug-likeness (QED) is 0.317. The summed E-state index contributed by atoms with van der Waals surface area (Å²) in [6.45, 7) is 2.16. The maximum atomic E-state index is 8.27. The Hall–Kier alpha value is 1.69. The molecule has 0 radical (unpaired) electrons. The van der Waals surface area contributed by atoms with Gasteiger partial charge in [0.2, 0.25) is 0 Å². The molecule has 58 valence electrons. The standard InChI is InChI=1S/C4H12O4Si.K.H/c1-2-3-4-8-9(5,6)7;;/h5-7H,2-4H2,1H3;;/q;+1;-1. The van der Waals surface area contributed by atoms with Gasteiger partial charge >= 0.3 is 60.4 Å². The van der Waals surface area contributed by atoms with E-state index >= 15 is 0 Å². The van der Waals surface area contributed by atoms with Gasteiger partial charge in [0.1, 0.15) is 0 Å².